The Morgan fingerprint density at radius 1 is 0.348 bits per heavy atom. The molecule has 4 heteroatoms. The van der Waals surface area contributed by atoms with Gasteiger partial charge in [-0.1, -0.05) is 121 Å². The summed E-state index contributed by atoms with van der Waals surface area (Å²) in [5.74, 6) is 0. The van der Waals surface area contributed by atoms with Crippen molar-refractivity contribution >= 4 is 34.2 Å². The SMILES string of the molecule is C1=Cc2nc1c(-c1ccccc1)c1ccc([nH]1)c(-c1ccccc1)cncc(-c1ccccc1)c1ccc([nH]1)c2-c1ccccc1. The first-order chi connectivity index (χ1) is 22.8. The zero-order valence-corrected chi connectivity index (χ0v) is 25.1. The third-order valence-electron chi connectivity index (χ3n) is 8.35. The Morgan fingerprint density at radius 3 is 1.09 bits per heavy atom. The number of aromatic amines is 2. The van der Waals surface area contributed by atoms with Crippen molar-refractivity contribution in [3.63, 3.8) is 0 Å². The summed E-state index contributed by atoms with van der Waals surface area (Å²) in [6.07, 6.45) is 8.15. The minimum Gasteiger partial charge on any atom is -0.354 e. The summed E-state index contributed by atoms with van der Waals surface area (Å²) in [6.45, 7) is 0. The molecule has 218 valence electrons. The number of hydrogen-bond acceptors (Lipinski definition) is 2. The lowest BCUT2D eigenvalue weighted by atomic mass is 10.0. The molecule has 0 unspecified atom stereocenters. The fraction of sp³-hybridized carbons (Fsp3) is 0. The van der Waals surface area contributed by atoms with E-state index in [2.05, 4.69) is 143 Å². The second-order valence-corrected chi connectivity index (χ2v) is 11.2. The van der Waals surface area contributed by atoms with Crippen LogP contribution < -0.4 is 0 Å². The molecule has 0 saturated carbocycles. The second kappa shape index (κ2) is 12.0. The van der Waals surface area contributed by atoms with E-state index >= 15 is 0 Å². The lowest BCUT2D eigenvalue weighted by molar-refractivity contribution is 1.32. The van der Waals surface area contributed by atoms with Gasteiger partial charge in [-0.2, -0.15) is 0 Å². The van der Waals surface area contributed by atoms with E-state index in [-0.39, 0.29) is 0 Å². The van der Waals surface area contributed by atoms with Gasteiger partial charge in [-0.25, -0.2) is 4.98 Å². The van der Waals surface area contributed by atoms with Gasteiger partial charge in [-0.15, -0.1) is 0 Å². The fourth-order valence-corrected chi connectivity index (χ4v) is 6.15. The molecule has 0 aliphatic carbocycles. The van der Waals surface area contributed by atoms with Gasteiger partial charge in [0.2, 0.25) is 0 Å². The van der Waals surface area contributed by atoms with Crippen LogP contribution in [0.2, 0.25) is 0 Å². The van der Waals surface area contributed by atoms with Crippen molar-refractivity contribution in [2.24, 2.45) is 0 Å². The van der Waals surface area contributed by atoms with Crippen LogP contribution >= 0.6 is 0 Å². The van der Waals surface area contributed by atoms with Crippen molar-refractivity contribution in [3.05, 3.63) is 169 Å². The highest BCUT2D eigenvalue weighted by Crippen LogP contribution is 2.35. The van der Waals surface area contributed by atoms with Crippen LogP contribution in [0.5, 0.6) is 0 Å². The molecule has 7 aromatic rings. The van der Waals surface area contributed by atoms with Gasteiger partial charge in [0.05, 0.1) is 11.4 Å². The average Bonchev–Trinajstić information content (AvgIpc) is 3.90. The predicted octanol–water partition coefficient (Wildman–Crippen LogP) is 10.8. The van der Waals surface area contributed by atoms with Crippen molar-refractivity contribution in [2.45, 2.75) is 0 Å². The third-order valence-corrected chi connectivity index (χ3v) is 8.35. The van der Waals surface area contributed by atoms with E-state index < -0.39 is 0 Å². The van der Waals surface area contributed by atoms with Gasteiger partial charge in [-0.05, 0) is 58.7 Å². The van der Waals surface area contributed by atoms with Gasteiger partial charge in [0.15, 0.2) is 0 Å². The normalized spacial score (nSPS) is 11.4. The Kier molecular flexibility index (Phi) is 7.14. The molecule has 4 nitrogen and oxygen atoms in total. The third kappa shape index (κ3) is 5.23. The molecule has 0 amide bonds. The van der Waals surface area contributed by atoms with Crippen molar-refractivity contribution in [2.75, 3.05) is 0 Å². The van der Waals surface area contributed by atoms with E-state index in [0.29, 0.717) is 0 Å². The summed E-state index contributed by atoms with van der Waals surface area (Å²) in [7, 11) is 0. The van der Waals surface area contributed by atoms with Crippen LogP contribution in [0.3, 0.4) is 0 Å². The van der Waals surface area contributed by atoms with Gasteiger partial charge in [-0.3, -0.25) is 4.98 Å². The highest BCUT2D eigenvalue weighted by atomic mass is 14.8. The van der Waals surface area contributed by atoms with E-state index in [9.17, 15) is 0 Å². The fourth-order valence-electron chi connectivity index (χ4n) is 6.15. The molecule has 6 bridgehead atoms. The summed E-state index contributed by atoms with van der Waals surface area (Å²) in [4.78, 5) is 17.8. The minimum atomic E-state index is 0.904. The number of hydrogen-bond donors (Lipinski definition) is 2. The lowest BCUT2D eigenvalue weighted by Gasteiger charge is -2.05. The number of aromatic nitrogens is 4. The predicted molar refractivity (Wildman–Crippen MR) is 192 cm³/mol. The van der Waals surface area contributed by atoms with Crippen molar-refractivity contribution in [3.8, 4) is 44.5 Å². The molecular weight excluding hydrogens is 560 g/mol. The van der Waals surface area contributed by atoms with Gasteiger partial charge < -0.3 is 9.97 Å². The maximum Gasteiger partial charge on any atom is 0.0737 e. The lowest BCUT2D eigenvalue weighted by Crippen LogP contribution is -1.88. The van der Waals surface area contributed by atoms with Gasteiger partial charge >= 0.3 is 0 Å². The average molecular weight is 591 g/mol. The molecule has 1 aliphatic heterocycles. The Morgan fingerprint density at radius 2 is 0.696 bits per heavy atom. The molecule has 8 rings (SSSR count). The number of H-pyrrole nitrogens is 2. The Bertz CT molecular complexity index is 2170. The summed E-state index contributed by atoms with van der Waals surface area (Å²) in [5, 5.41) is 0. The van der Waals surface area contributed by atoms with Crippen LogP contribution in [0.1, 0.15) is 11.4 Å². The molecule has 2 N–H and O–H groups in total. The molecule has 46 heavy (non-hydrogen) atoms. The topological polar surface area (TPSA) is 57.4 Å². The van der Waals surface area contributed by atoms with Crippen LogP contribution in [0.4, 0.5) is 0 Å². The second-order valence-electron chi connectivity index (χ2n) is 11.2. The summed E-state index contributed by atoms with van der Waals surface area (Å²) in [6, 6.07) is 50.3. The largest absolute Gasteiger partial charge is 0.354 e. The molecule has 0 atom stereocenters. The highest BCUT2D eigenvalue weighted by molar-refractivity contribution is 5.96. The number of rotatable bonds is 4. The van der Waals surface area contributed by atoms with Crippen LogP contribution in [0.25, 0.3) is 78.7 Å². The Hall–Kier alpha value is -6.26. The Balaban J connectivity index is 1.53. The van der Waals surface area contributed by atoms with Crippen LogP contribution in [0, 0.1) is 0 Å². The van der Waals surface area contributed by atoms with Crippen LogP contribution in [-0.4, -0.2) is 19.9 Å². The van der Waals surface area contributed by atoms with Gasteiger partial charge in [0, 0.05) is 56.7 Å². The minimum absolute atomic E-state index is 0.904. The standard InChI is InChI=1S/C42H30N4/c1-5-13-29(14-6-1)33-27-43-28-34(30-15-7-2-8-16-30)36-22-24-38(45-36)42(32-19-11-4-12-20-32)40-26-25-39(46-40)41(31-17-9-3-10-18-31)37-23-21-35(33)44-37/h1-28,44-45H. The highest BCUT2D eigenvalue weighted by Gasteiger charge is 2.15. The molecular formula is C42H30N4. The molecule has 0 saturated heterocycles. The number of benzene rings is 4. The number of fused-ring (bicyclic) bond motifs is 6. The van der Waals surface area contributed by atoms with E-state index in [0.717, 1.165) is 78.0 Å². The smallest absolute Gasteiger partial charge is 0.0737 e. The zero-order valence-electron chi connectivity index (χ0n) is 25.1. The number of nitrogens with zero attached hydrogens (tertiary/aromatic N) is 2. The quantitative estimate of drug-likeness (QED) is 0.214. The van der Waals surface area contributed by atoms with Crippen LogP contribution in [-0.2, 0) is 0 Å². The zero-order chi connectivity index (χ0) is 30.7. The van der Waals surface area contributed by atoms with E-state index in [1.54, 1.807) is 0 Å². The van der Waals surface area contributed by atoms with Gasteiger partial charge in [0.1, 0.15) is 0 Å². The Labute approximate surface area is 267 Å². The first-order valence-corrected chi connectivity index (χ1v) is 15.4. The van der Waals surface area contributed by atoms with Gasteiger partial charge in [0.25, 0.3) is 0 Å². The maximum atomic E-state index is 5.31. The van der Waals surface area contributed by atoms with Crippen molar-refractivity contribution < 1.29 is 0 Å². The first-order valence-electron chi connectivity index (χ1n) is 15.4. The first kappa shape index (κ1) is 27.3. The molecule has 0 spiro atoms. The molecule has 4 aromatic carbocycles. The molecule has 1 aliphatic rings. The van der Waals surface area contributed by atoms with E-state index in [4.69, 9.17) is 9.97 Å². The molecule has 0 radical (unpaired) electrons. The molecule has 4 heterocycles. The summed E-state index contributed by atoms with van der Waals surface area (Å²) in [5.41, 5.74) is 14.2. The van der Waals surface area contributed by atoms with Crippen molar-refractivity contribution in [1.82, 2.24) is 19.9 Å². The number of nitrogens with one attached hydrogen (secondary N) is 2. The molecule has 3 aromatic heterocycles. The maximum absolute atomic E-state index is 5.31. The van der Waals surface area contributed by atoms with Crippen LogP contribution in [0.15, 0.2) is 158 Å². The molecule has 0 fully saturated rings. The van der Waals surface area contributed by atoms with Crippen molar-refractivity contribution in [1.29, 1.82) is 0 Å². The van der Waals surface area contributed by atoms with E-state index in [1.807, 2.05) is 36.7 Å². The van der Waals surface area contributed by atoms with E-state index in [1.165, 1.54) is 0 Å². The summed E-state index contributed by atoms with van der Waals surface area (Å²) >= 11 is 0. The monoisotopic (exact) mass is 590 g/mol. The summed E-state index contributed by atoms with van der Waals surface area (Å²) < 4.78 is 0.